The summed E-state index contributed by atoms with van der Waals surface area (Å²) >= 11 is 0. The first-order valence-corrected chi connectivity index (χ1v) is 8.10. The van der Waals surface area contributed by atoms with Crippen LogP contribution in [0.25, 0.3) is 0 Å². The molecular weight excluding hydrogens is 457 g/mol. The zero-order chi connectivity index (χ0) is 18.8. The highest BCUT2D eigenvalue weighted by atomic mass is 127. The van der Waals surface area contributed by atoms with Gasteiger partial charge in [-0.15, -0.1) is 24.0 Å². The fourth-order valence-corrected chi connectivity index (χ4v) is 2.15. The maximum atomic E-state index is 12.5. The second-order valence-electron chi connectivity index (χ2n) is 5.81. The summed E-state index contributed by atoms with van der Waals surface area (Å²) in [5.74, 6) is 0.547. The van der Waals surface area contributed by atoms with E-state index in [1.165, 1.54) is 6.07 Å². The first-order chi connectivity index (χ1) is 11.8. The van der Waals surface area contributed by atoms with Crippen molar-refractivity contribution in [3.8, 4) is 5.75 Å². The molecule has 26 heavy (non-hydrogen) atoms. The number of hydrogen-bond donors (Lipinski definition) is 3. The van der Waals surface area contributed by atoms with Crippen LogP contribution >= 0.6 is 24.0 Å². The lowest BCUT2D eigenvalue weighted by atomic mass is 10.1. The Morgan fingerprint density at radius 2 is 1.96 bits per heavy atom. The Bertz CT molecular complexity index is 598. The van der Waals surface area contributed by atoms with Gasteiger partial charge in [-0.05, 0) is 26.8 Å². The smallest absolute Gasteiger partial charge is 0.387 e. The summed E-state index contributed by atoms with van der Waals surface area (Å²) in [7, 11) is 1.59. The zero-order valence-electron chi connectivity index (χ0n) is 15.4. The normalized spacial score (nSPS) is 11.2. The minimum absolute atomic E-state index is 0. The molecule has 1 amide bonds. The molecular formula is C17H27F2IN4O2. The molecule has 0 aromatic heterocycles. The standard InChI is InChI=1S/C17H26F2N4O2.HI/c1-11(2)23-15(24)7-8-21-17(20-4)22-10-13-9-12(3)5-6-14(13)25-16(18)19;/h5-6,9,11,16H,7-8,10H2,1-4H3,(H,23,24)(H2,20,21,22);1H. The van der Waals surface area contributed by atoms with E-state index in [4.69, 9.17) is 0 Å². The third-order valence-corrected chi connectivity index (χ3v) is 3.20. The van der Waals surface area contributed by atoms with Crippen molar-refractivity contribution in [2.24, 2.45) is 4.99 Å². The van der Waals surface area contributed by atoms with E-state index in [9.17, 15) is 13.6 Å². The lowest BCUT2D eigenvalue weighted by Gasteiger charge is -2.15. The summed E-state index contributed by atoms with van der Waals surface area (Å²) in [5.41, 5.74) is 1.53. The molecule has 0 atom stereocenters. The molecule has 1 aromatic carbocycles. The molecule has 0 aliphatic carbocycles. The van der Waals surface area contributed by atoms with Gasteiger partial charge in [0.25, 0.3) is 0 Å². The molecule has 1 rings (SSSR count). The highest BCUT2D eigenvalue weighted by molar-refractivity contribution is 14.0. The number of guanidine groups is 1. The van der Waals surface area contributed by atoms with Crippen molar-refractivity contribution in [1.82, 2.24) is 16.0 Å². The second-order valence-corrected chi connectivity index (χ2v) is 5.81. The first kappa shape index (κ1) is 24.4. The Morgan fingerprint density at radius 1 is 1.27 bits per heavy atom. The fraction of sp³-hybridized carbons (Fsp3) is 0.529. The summed E-state index contributed by atoms with van der Waals surface area (Å²) in [5, 5.41) is 8.83. The number of aryl methyl sites for hydroxylation is 1. The zero-order valence-corrected chi connectivity index (χ0v) is 17.8. The van der Waals surface area contributed by atoms with Crippen LogP contribution in [0.15, 0.2) is 23.2 Å². The number of nitrogens with one attached hydrogen (secondary N) is 3. The topological polar surface area (TPSA) is 74.8 Å². The monoisotopic (exact) mass is 484 g/mol. The van der Waals surface area contributed by atoms with E-state index in [2.05, 4.69) is 25.7 Å². The lowest BCUT2D eigenvalue weighted by molar-refractivity contribution is -0.121. The number of ether oxygens (including phenoxy) is 1. The minimum atomic E-state index is -2.88. The first-order valence-electron chi connectivity index (χ1n) is 8.10. The van der Waals surface area contributed by atoms with Crippen LogP contribution in [0, 0.1) is 6.92 Å². The van der Waals surface area contributed by atoms with Crippen molar-refractivity contribution in [1.29, 1.82) is 0 Å². The van der Waals surface area contributed by atoms with Crippen molar-refractivity contribution in [3.05, 3.63) is 29.3 Å². The van der Waals surface area contributed by atoms with E-state index in [0.717, 1.165) is 5.56 Å². The van der Waals surface area contributed by atoms with E-state index in [-0.39, 0.29) is 48.2 Å². The van der Waals surface area contributed by atoms with Gasteiger partial charge in [0.15, 0.2) is 5.96 Å². The van der Waals surface area contributed by atoms with Gasteiger partial charge in [-0.1, -0.05) is 17.7 Å². The third-order valence-electron chi connectivity index (χ3n) is 3.20. The van der Waals surface area contributed by atoms with Gasteiger partial charge in [0, 0.05) is 38.2 Å². The summed E-state index contributed by atoms with van der Waals surface area (Å²) in [6.07, 6.45) is 0.309. The maximum absolute atomic E-state index is 12.5. The number of alkyl halides is 2. The van der Waals surface area contributed by atoms with Crippen LogP contribution in [0.4, 0.5) is 8.78 Å². The highest BCUT2D eigenvalue weighted by Gasteiger charge is 2.11. The van der Waals surface area contributed by atoms with Gasteiger partial charge in [0.2, 0.25) is 5.91 Å². The predicted molar refractivity (Wildman–Crippen MR) is 109 cm³/mol. The van der Waals surface area contributed by atoms with Crippen molar-refractivity contribution in [2.45, 2.75) is 46.4 Å². The molecule has 0 aliphatic heterocycles. The molecule has 148 valence electrons. The maximum Gasteiger partial charge on any atom is 0.387 e. The van der Waals surface area contributed by atoms with E-state index in [1.54, 1.807) is 19.2 Å². The van der Waals surface area contributed by atoms with Gasteiger partial charge in [0.05, 0.1) is 0 Å². The molecule has 0 saturated carbocycles. The third kappa shape index (κ3) is 9.73. The minimum Gasteiger partial charge on any atom is -0.434 e. The molecule has 9 heteroatoms. The van der Waals surface area contributed by atoms with Gasteiger partial charge in [-0.2, -0.15) is 8.78 Å². The lowest BCUT2D eigenvalue weighted by Crippen LogP contribution is -2.39. The molecule has 0 saturated heterocycles. The van der Waals surface area contributed by atoms with Crippen LogP contribution in [0.5, 0.6) is 5.75 Å². The average molecular weight is 484 g/mol. The molecule has 0 radical (unpaired) electrons. The summed E-state index contributed by atoms with van der Waals surface area (Å²) < 4.78 is 29.5. The van der Waals surface area contributed by atoms with Crippen LogP contribution in [0.3, 0.4) is 0 Å². The Kier molecular flexibility index (Phi) is 11.9. The predicted octanol–water partition coefficient (Wildman–Crippen LogP) is 2.79. The van der Waals surface area contributed by atoms with E-state index in [0.29, 0.717) is 24.5 Å². The van der Waals surface area contributed by atoms with Crippen molar-refractivity contribution in [3.63, 3.8) is 0 Å². The molecule has 0 heterocycles. The summed E-state index contributed by atoms with van der Waals surface area (Å²) in [6, 6.07) is 5.10. The Hall–Kier alpha value is -1.65. The Labute approximate surface area is 170 Å². The van der Waals surface area contributed by atoms with Crippen LogP contribution in [0.1, 0.15) is 31.4 Å². The molecule has 0 unspecified atom stereocenters. The number of hydrogen-bond acceptors (Lipinski definition) is 3. The van der Waals surface area contributed by atoms with E-state index < -0.39 is 6.61 Å². The van der Waals surface area contributed by atoms with Crippen LogP contribution in [0.2, 0.25) is 0 Å². The van der Waals surface area contributed by atoms with E-state index >= 15 is 0 Å². The number of carbonyl (C=O) groups excluding carboxylic acids is 1. The molecule has 0 bridgehead atoms. The molecule has 6 nitrogen and oxygen atoms in total. The van der Waals surface area contributed by atoms with Gasteiger partial charge in [0.1, 0.15) is 5.75 Å². The van der Waals surface area contributed by atoms with Crippen molar-refractivity contribution < 1.29 is 18.3 Å². The quantitative estimate of drug-likeness (QED) is 0.302. The molecule has 0 aliphatic rings. The van der Waals surface area contributed by atoms with E-state index in [1.807, 2.05) is 20.8 Å². The van der Waals surface area contributed by atoms with Crippen LogP contribution in [-0.2, 0) is 11.3 Å². The molecule has 1 aromatic rings. The van der Waals surface area contributed by atoms with Gasteiger partial charge < -0.3 is 20.7 Å². The Balaban J connectivity index is 0.00000625. The highest BCUT2D eigenvalue weighted by Crippen LogP contribution is 2.21. The SMILES string of the molecule is CN=C(NCCC(=O)NC(C)C)NCc1cc(C)ccc1OC(F)F.I. The van der Waals surface area contributed by atoms with Gasteiger partial charge in [-0.25, -0.2) is 0 Å². The summed E-state index contributed by atoms with van der Waals surface area (Å²) in [4.78, 5) is 15.6. The number of aliphatic imine (C=N–C) groups is 1. The number of amides is 1. The fourth-order valence-electron chi connectivity index (χ4n) is 2.15. The van der Waals surface area contributed by atoms with Crippen LogP contribution in [-0.4, -0.2) is 38.1 Å². The molecule has 3 N–H and O–H groups in total. The number of benzene rings is 1. The number of nitrogens with zero attached hydrogens (tertiary/aromatic N) is 1. The second kappa shape index (κ2) is 12.7. The number of carbonyl (C=O) groups is 1. The molecule has 0 fully saturated rings. The van der Waals surface area contributed by atoms with Crippen LogP contribution < -0.4 is 20.7 Å². The van der Waals surface area contributed by atoms with Crippen molar-refractivity contribution >= 4 is 35.8 Å². The van der Waals surface area contributed by atoms with Gasteiger partial charge >= 0.3 is 6.61 Å². The number of halogens is 3. The van der Waals surface area contributed by atoms with Crippen molar-refractivity contribution in [2.75, 3.05) is 13.6 Å². The van der Waals surface area contributed by atoms with Gasteiger partial charge in [-0.3, -0.25) is 9.79 Å². The Morgan fingerprint density at radius 3 is 2.54 bits per heavy atom. The molecule has 0 spiro atoms. The number of rotatable bonds is 8. The largest absolute Gasteiger partial charge is 0.434 e. The summed E-state index contributed by atoms with van der Waals surface area (Å²) in [6.45, 7) is 3.46. The average Bonchev–Trinajstić information content (AvgIpc) is 2.51.